The van der Waals surface area contributed by atoms with Crippen LogP contribution in [-0.4, -0.2) is 37.8 Å². The van der Waals surface area contributed by atoms with Gasteiger partial charge in [-0.3, -0.25) is 9.78 Å². The van der Waals surface area contributed by atoms with Gasteiger partial charge in [0.15, 0.2) is 0 Å². The maximum atomic E-state index is 12.0. The van der Waals surface area contributed by atoms with Crippen molar-refractivity contribution in [3.8, 4) is 0 Å². The summed E-state index contributed by atoms with van der Waals surface area (Å²) >= 11 is 0. The van der Waals surface area contributed by atoms with Gasteiger partial charge in [0.25, 0.3) is 5.91 Å². The molecule has 1 amide bonds. The van der Waals surface area contributed by atoms with E-state index in [9.17, 15) is 9.90 Å². The summed E-state index contributed by atoms with van der Waals surface area (Å²) in [6.45, 7) is 0.295. The highest BCUT2D eigenvalue weighted by atomic mass is 16.3. The highest BCUT2D eigenvalue weighted by Gasteiger charge is 2.34. The molecule has 2 aromatic rings. The van der Waals surface area contributed by atoms with Crippen molar-refractivity contribution in [2.45, 2.75) is 24.9 Å². The Labute approximate surface area is 104 Å². The van der Waals surface area contributed by atoms with E-state index in [1.807, 2.05) is 0 Å². The highest BCUT2D eigenvalue weighted by molar-refractivity contribution is 6.00. The molecule has 6 heteroatoms. The third-order valence-corrected chi connectivity index (χ3v) is 3.43. The summed E-state index contributed by atoms with van der Waals surface area (Å²) in [6, 6.07) is 0. The van der Waals surface area contributed by atoms with Gasteiger partial charge in [-0.25, -0.2) is 4.52 Å². The van der Waals surface area contributed by atoms with E-state index >= 15 is 0 Å². The van der Waals surface area contributed by atoms with Crippen molar-refractivity contribution in [2.75, 3.05) is 6.54 Å². The number of hydrogen-bond donors (Lipinski definition) is 2. The van der Waals surface area contributed by atoms with Gasteiger partial charge in [-0.15, -0.1) is 0 Å². The first-order valence-electron chi connectivity index (χ1n) is 5.96. The maximum absolute atomic E-state index is 12.0. The summed E-state index contributed by atoms with van der Waals surface area (Å²) in [5.74, 6) is -0.224. The number of carbonyl (C=O) groups is 1. The Morgan fingerprint density at radius 3 is 3.06 bits per heavy atom. The Balaban J connectivity index is 1.75. The van der Waals surface area contributed by atoms with Crippen molar-refractivity contribution >= 4 is 11.4 Å². The topological polar surface area (TPSA) is 79.5 Å². The van der Waals surface area contributed by atoms with Crippen LogP contribution in [0, 0.1) is 0 Å². The fraction of sp³-hybridized carbons (Fsp3) is 0.417. The van der Waals surface area contributed by atoms with Crippen LogP contribution in [0.25, 0.3) is 5.52 Å². The molecule has 2 aromatic heterocycles. The van der Waals surface area contributed by atoms with E-state index in [-0.39, 0.29) is 5.91 Å². The van der Waals surface area contributed by atoms with Crippen LogP contribution in [0.15, 0.2) is 24.8 Å². The maximum Gasteiger partial charge on any atom is 0.255 e. The number of fused-ring (bicyclic) bond motifs is 1. The van der Waals surface area contributed by atoms with Gasteiger partial charge in [0.05, 0.1) is 29.1 Å². The van der Waals surface area contributed by atoms with Gasteiger partial charge in [-0.05, 0) is 19.3 Å². The third-order valence-electron chi connectivity index (χ3n) is 3.43. The second-order valence-electron chi connectivity index (χ2n) is 4.72. The summed E-state index contributed by atoms with van der Waals surface area (Å²) < 4.78 is 1.60. The van der Waals surface area contributed by atoms with Crippen LogP contribution in [0.5, 0.6) is 0 Å². The number of amides is 1. The molecule has 0 aliphatic heterocycles. The smallest absolute Gasteiger partial charge is 0.255 e. The van der Waals surface area contributed by atoms with Crippen LogP contribution < -0.4 is 5.32 Å². The van der Waals surface area contributed by atoms with Crippen molar-refractivity contribution in [2.24, 2.45) is 0 Å². The monoisotopic (exact) mass is 246 g/mol. The zero-order valence-corrected chi connectivity index (χ0v) is 9.83. The van der Waals surface area contributed by atoms with Gasteiger partial charge < -0.3 is 10.4 Å². The molecule has 0 bridgehead atoms. The Hall–Kier alpha value is -1.95. The molecular weight excluding hydrogens is 232 g/mol. The van der Waals surface area contributed by atoms with Crippen LogP contribution in [-0.2, 0) is 0 Å². The van der Waals surface area contributed by atoms with Crippen molar-refractivity contribution in [1.82, 2.24) is 19.9 Å². The second kappa shape index (κ2) is 4.06. The summed E-state index contributed by atoms with van der Waals surface area (Å²) in [4.78, 5) is 16.0. The summed E-state index contributed by atoms with van der Waals surface area (Å²) in [5.41, 5.74) is 0.429. The quantitative estimate of drug-likeness (QED) is 0.820. The molecule has 1 fully saturated rings. The standard InChI is InChI=1S/C12H14N4O2/c17-11(14-8-12(18)2-1-3-12)9-6-15-16-5-4-13-7-10(9)16/h4-7,18H,1-3,8H2,(H,14,17). The lowest BCUT2D eigenvalue weighted by molar-refractivity contribution is -0.0300. The molecule has 0 unspecified atom stereocenters. The van der Waals surface area contributed by atoms with Crippen LogP contribution in [0.2, 0.25) is 0 Å². The van der Waals surface area contributed by atoms with E-state index in [1.54, 1.807) is 23.1 Å². The first-order valence-corrected chi connectivity index (χ1v) is 5.96. The molecule has 3 rings (SSSR count). The Morgan fingerprint density at radius 2 is 2.33 bits per heavy atom. The molecule has 2 N–H and O–H groups in total. The third kappa shape index (κ3) is 1.84. The number of nitrogens with zero attached hydrogens (tertiary/aromatic N) is 3. The number of aromatic nitrogens is 3. The Kier molecular flexibility index (Phi) is 2.52. The molecule has 1 aliphatic carbocycles. The van der Waals surface area contributed by atoms with Crippen molar-refractivity contribution < 1.29 is 9.90 Å². The van der Waals surface area contributed by atoms with Crippen molar-refractivity contribution in [1.29, 1.82) is 0 Å². The van der Waals surface area contributed by atoms with Crippen LogP contribution in [0.3, 0.4) is 0 Å². The van der Waals surface area contributed by atoms with Crippen LogP contribution in [0.1, 0.15) is 29.6 Å². The minimum absolute atomic E-state index is 0.224. The molecule has 0 saturated heterocycles. The first-order chi connectivity index (χ1) is 8.68. The average Bonchev–Trinajstić information content (AvgIpc) is 2.77. The Morgan fingerprint density at radius 1 is 1.50 bits per heavy atom. The molecule has 18 heavy (non-hydrogen) atoms. The SMILES string of the molecule is O=C(NCC1(O)CCC1)c1cnn2ccncc12. The number of carbonyl (C=O) groups excluding carboxylic acids is 1. The molecule has 0 radical (unpaired) electrons. The highest BCUT2D eigenvalue weighted by Crippen LogP contribution is 2.30. The van der Waals surface area contributed by atoms with E-state index in [0.29, 0.717) is 17.6 Å². The Bertz CT molecular complexity index is 589. The lowest BCUT2D eigenvalue weighted by Crippen LogP contribution is -2.47. The van der Waals surface area contributed by atoms with E-state index in [1.165, 1.54) is 6.20 Å². The van der Waals surface area contributed by atoms with Crippen molar-refractivity contribution in [3.63, 3.8) is 0 Å². The van der Waals surface area contributed by atoms with Gasteiger partial charge in [-0.2, -0.15) is 5.10 Å². The fourth-order valence-electron chi connectivity index (χ4n) is 2.11. The number of hydrogen-bond acceptors (Lipinski definition) is 4. The molecule has 1 saturated carbocycles. The molecule has 6 nitrogen and oxygen atoms in total. The lowest BCUT2D eigenvalue weighted by atomic mass is 9.80. The predicted molar refractivity (Wildman–Crippen MR) is 64.1 cm³/mol. The van der Waals surface area contributed by atoms with Crippen LogP contribution >= 0.6 is 0 Å². The molecule has 2 heterocycles. The zero-order chi connectivity index (χ0) is 12.6. The number of nitrogens with one attached hydrogen (secondary N) is 1. The largest absolute Gasteiger partial charge is 0.388 e. The molecule has 0 aromatic carbocycles. The van der Waals surface area contributed by atoms with E-state index in [4.69, 9.17) is 0 Å². The normalized spacial score (nSPS) is 17.4. The molecular formula is C12H14N4O2. The fourth-order valence-corrected chi connectivity index (χ4v) is 2.11. The number of aliphatic hydroxyl groups is 1. The lowest BCUT2D eigenvalue weighted by Gasteiger charge is -2.36. The summed E-state index contributed by atoms with van der Waals surface area (Å²) in [6.07, 6.45) is 8.93. The molecule has 94 valence electrons. The predicted octanol–water partition coefficient (Wildman–Crippen LogP) is 0.374. The second-order valence-corrected chi connectivity index (χ2v) is 4.72. The van der Waals surface area contributed by atoms with Gasteiger partial charge >= 0.3 is 0 Å². The van der Waals surface area contributed by atoms with E-state index in [0.717, 1.165) is 19.3 Å². The number of rotatable bonds is 3. The minimum atomic E-state index is -0.711. The van der Waals surface area contributed by atoms with Crippen LogP contribution in [0.4, 0.5) is 0 Å². The van der Waals surface area contributed by atoms with Gasteiger partial charge in [0, 0.05) is 18.9 Å². The zero-order valence-electron chi connectivity index (χ0n) is 9.83. The van der Waals surface area contributed by atoms with E-state index < -0.39 is 5.60 Å². The first kappa shape index (κ1) is 11.2. The molecule has 0 atom stereocenters. The van der Waals surface area contributed by atoms with Gasteiger partial charge in [0.1, 0.15) is 0 Å². The average molecular weight is 246 g/mol. The summed E-state index contributed by atoms with van der Waals surface area (Å²) in [5, 5.41) is 16.7. The minimum Gasteiger partial charge on any atom is -0.388 e. The van der Waals surface area contributed by atoms with Gasteiger partial charge in [0.2, 0.25) is 0 Å². The summed E-state index contributed by atoms with van der Waals surface area (Å²) in [7, 11) is 0. The molecule has 0 spiro atoms. The van der Waals surface area contributed by atoms with Crippen molar-refractivity contribution in [3.05, 3.63) is 30.4 Å². The van der Waals surface area contributed by atoms with E-state index in [2.05, 4.69) is 15.4 Å². The van der Waals surface area contributed by atoms with Gasteiger partial charge in [-0.1, -0.05) is 0 Å². The molecule has 1 aliphatic rings.